The minimum absolute atomic E-state index is 0.0512. The zero-order valence-electron chi connectivity index (χ0n) is 14.8. The number of hydrogen-bond acceptors (Lipinski definition) is 3. The number of hydrogen-bond donors (Lipinski definition) is 1. The van der Waals surface area contributed by atoms with Crippen LogP contribution in [0.5, 0.6) is 5.75 Å². The largest absolute Gasteiger partial charge is 0.489 e. The summed E-state index contributed by atoms with van der Waals surface area (Å²) in [5, 5.41) is 3.55. The van der Waals surface area contributed by atoms with Gasteiger partial charge in [-0.3, -0.25) is 4.79 Å². The third-order valence-electron chi connectivity index (χ3n) is 4.13. The van der Waals surface area contributed by atoms with Crippen LogP contribution in [-0.4, -0.2) is 18.0 Å². The van der Waals surface area contributed by atoms with Gasteiger partial charge in [-0.05, 0) is 61.4 Å². The fraction of sp³-hybridized carbons (Fsp3) is 0.200. The Morgan fingerprint density at radius 2 is 1.85 bits per heavy atom. The van der Waals surface area contributed by atoms with Crippen molar-refractivity contribution in [1.29, 1.82) is 0 Å². The summed E-state index contributed by atoms with van der Waals surface area (Å²) in [7, 11) is 0. The Balaban J connectivity index is 1.83. The van der Waals surface area contributed by atoms with E-state index in [1.807, 2.05) is 13.8 Å². The Bertz CT molecular complexity index is 910. The van der Waals surface area contributed by atoms with E-state index in [-0.39, 0.29) is 11.8 Å². The van der Waals surface area contributed by atoms with E-state index in [1.165, 1.54) is 0 Å². The molecule has 27 heavy (non-hydrogen) atoms. The number of amides is 3. The fourth-order valence-corrected chi connectivity index (χ4v) is 2.89. The third-order valence-corrected chi connectivity index (χ3v) is 4.68. The zero-order chi connectivity index (χ0) is 19.6. The van der Waals surface area contributed by atoms with Crippen LogP contribution in [-0.2, 0) is 4.79 Å². The molecule has 1 N–H and O–H groups in total. The Kier molecular flexibility index (Phi) is 5.73. The van der Waals surface area contributed by atoms with Crippen LogP contribution in [0, 0.1) is 0 Å². The van der Waals surface area contributed by atoms with Crippen LogP contribution in [0.15, 0.2) is 48.2 Å². The molecular formula is C20H18Cl2N2O3. The van der Waals surface area contributed by atoms with Crippen molar-refractivity contribution in [1.82, 2.24) is 5.32 Å². The SMILES string of the molecule is CC[C@H](C)Oc1ccc(/C=C2/NC(=O)N(c3ccc(Cl)cc3)C2=O)cc1Cl. The number of halogens is 2. The van der Waals surface area contributed by atoms with Crippen molar-refractivity contribution in [3.63, 3.8) is 0 Å². The quantitative estimate of drug-likeness (QED) is 0.545. The molecule has 0 aromatic heterocycles. The molecule has 1 fully saturated rings. The van der Waals surface area contributed by atoms with Gasteiger partial charge in [0.2, 0.25) is 0 Å². The molecule has 0 radical (unpaired) electrons. The summed E-state index contributed by atoms with van der Waals surface area (Å²) >= 11 is 12.1. The minimum Gasteiger partial charge on any atom is -0.489 e. The lowest BCUT2D eigenvalue weighted by atomic mass is 10.1. The highest BCUT2D eigenvalue weighted by molar-refractivity contribution is 6.32. The summed E-state index contributed by atoms with van der Waals surface area (Å²) in [4.78, 5) is 25.9. The second-order valence-corrected chi connectivity index (χ2v) is 6.98. The average molecular weight is 405 g/mol. The van der Waals surface area contributed by atoms with Crippen LogP contribution in [0.3, 0.4) is 0 Å². The summed E-state index contributed by atoms with van der Waals surface area (Å²) in [6.45, 7) is 3.99. The standard InChI is InChI=1S/C20H18Cl2N2O3/c1-3-12(2)27-18-9-4-13(10-16(18)22)11-17-19(25)24(20(26)23-17)15-7-5-14(21)6-8-15/h4-12H,3H2,1-2H3,(H,23,26)/b17-11+/t12-/m0/s1. The molecule has 7 heteroatoms. The van der Waals surface area contributed by atoms with E-state index in [1.54, 1.807) is 48.5 Å². The monoisotopic (exact) mass is 404 g/mol. The van der Waals surface area contributed by atoms with Gasteiger partial charge >= 0.3 is 6.03 Å². The molecule has 1 heterocycles. The van der Waals surface area contributed by atoms with Crippen LogP contribution in [0.4, 0.5) is 10.5 Å². The summed E-state index contributed by atoms with van der Waals surface area (Å²) in [6, 6.07) is 11.2. The molecule has 0 saturated carbocycles. The van der Waals surface area contributed by atoms with Gasteiger partial charge in [0, 0.05) is 5.02 Å². The molecule has 1 aliphatic heterocycles. The first-order chi connectivity index (χ1) is 12.9. The van der Waals surface area contributed by atoms with Crippen molar-refractivity contribution in [2.75, 3.05) is 4.90 Å². The van der Waals surface area contributed by atoms with E-state index in [4.69, 9.17) is 27.9 Å². The second-order valence-electron chi connectivity index (χ2n) is 6.13. The van der Waals surface area contributed by atoms with E-state index in [0.717, 1.165) is 11.3 Å². The maximum atomic E-state index is 12.6. The highest BCUT2D eigenvalue weighted by Crippen LogP contribution is 2.29. The van der Waals surface area contributed by atoms with Crippen LogP contribution in [0.1, 0.15) is 25.8 Å². The van der Waals surface area contributed by atoms with Crippen molar-refractivity contribution in [3.05, 3.63) is 63.8 Å². The first-order valence-electron chi connectivity index (χ1n) is 8.48. The number of urea groups is 1. The molecule has 0 unspecified atom stereocenters. The van der Waals surface area contributed by atoms with Crippen LogP contribution >= 0.6 is 23.2 Å². The Morgan fingerprint density at radius 1 is 1.15 bits per heavy atom. The summed E-state index contributed by atoms with van der Waals surface area (Å²) in [5.74, 6) is 0.135. The molecule has 2 aromatic rings. The lowest BCUT2D eigenvalue weighted by Gasteiger charge is -2.14. The fourth-order valence-electron chi connectivity index (χ4n) is 2.53. The number of carbonyl (C=O) groups excluding carboxylic acids is 2. The van der Waals surface area contributed by atoms with Crippen molar-refractivity contribution in [3.8, 4) is 5.75 Å². The molecule has 3 amide bonds. The summed E-state index contributed by atoms with van der Waals surface area (Å²) in [6.07, 6.45) is 2.49. The number of rotatable bonds is 5. The van der Waals surface area contributed by atoms with E-state index in [0.29, 0.717) is 27.0 Å². The third kappa shape index (κ3) is 4.26. The molecule has 2 aromatic carbocycles. The first-order valence-corrected chi connectivity index (χ1v) is 9.23. The van der Waals surface area contributed by atoms with Gasteiger partial charge in [-0.15, -0.1) is 0 Å². The normalized spacial score (nSPS) is 16.6. The smallest absolute Gasteiger partial charge is 0.333 e. The lowest BCUT2D eigenvalue weighted by Crippen LogP contribution is -2.30. The molecule has 3 rings (SSSR count). The number of carbonyl (C=O) groups is 2. The molecule has 5 nitrogen and oxygen atoms in total. The van der Waals surface area contributed by atoms with Crippen LogP contribution in [0.25, 0.3) is 6.08 Å². The molecule has 1 atom stereocenters. The van der Waals surface area contributed by atoms with Gasteiger partial charge in [-0.25, -0.2) is 9.69 Å². The number of imide groups is 1. The summed E-state index contributed by atoms with van der Waals surface area (Å²) in [5.41, 5.74) is 1.29. The number of anilines is 1. The van der Waals surface area contributed by atoms with Gasteiger partial charge in [-0.2, -0.15) is 0 Å². The van der Waals surface area contributed by atoms with E-state index >= 15 is 0 Å². The maximum Gasteiger partial charge on any atom is 0.333 e. The summed E-state index contributed by atoms with van der Waals surface area (Å²) < 4.78 is 5.73. The molecule has 0 aliphatic carbocycles. The molecule has 140 valence electrons. The van der Waals surface area contributed by atoms with Crippen molar-refractivity contribution >= 4 is 46.9 Å². The number of benzene rings is 2. The number of nitrogens with zero attached hydrogens (tertiary/aromatic N) is 1. The van der Waals surface area contributed by atoms with Gasteiger partial charge in [0.25, 0.3) is 5.91 Å². The predicted octanol–water partition coefficient (Wildman–Crippen LogP) is 5.27. The molecular weight excluding hydrogens is 387 g/mol. The van der Waals surface area contributed by atoms with Crippen molar-refractivity contribution < 1.29 is 14.3 Å². The minimum atomic E-state index is -0.517. The highest BCUT2D eigenvalue weighted by atomic mass is 35.5. The second kappa shape index (κ2) is 8.03. The highest BCUT2D eigenvalue weighted by Gasteiger charge is 2.34. The van der Waals surface area contributed by atoms with Gasteiger partial charge in [0.05, 0.1) is 16.8 Å². The maximum absolute atomic E-state index is 12.6. The van der Waals surface area contributed by atoms with E-state index in [2.05, 4.69) is 5.32 Å². The molecule has 0 bridgehead atoms. The first kappa shape index (κ1) is 19.3. The van der Waals surface area contributed by atoms with Gasteiger partial charge in [-0.1, -0.05) is 36.2 Å². The predicted molar refractivity (Wildman–Crippen MR) is 107 cm³/mol. The van der Waals surface area contributed by atoms with E-state index < -0.39 is 11.9 Å². The van der Waals surface area contributed by atoms with Gasteiger partial charge in [0.1, 0.15) is 11.4 Å². The Morgan fingerprint density at radius 3 is 2.48 bits per heavy atom. The molecule has 1 aliphatic rings. The van der Waals surface area contributed by atoms with Crippen LogP contribution < -0.4 is 15.0 Å². The Hall–Kier alpha value is -2.50. The topological polar surface area (TPSA) is 58.6 Å². The van der Waals surface area contributed by atoms with E-state index in [9.17, 15) is 9.59 Å². The van der Waals surface area contributed by atoms with Gasteiger partial charge in [0.15, 0.2) is 0 Å². The lowest BCUT2D eigenvalue weighted by molar-refractivity contribution is -0.113. The zero-order valence-corrected chi connectivity index (χ0v) is 16.3. The molecule has 0 spiro atoms. The number of ether oxygens (including phenoxy) is 1. The van der Waals surface area contributed by atoms with Crippen molar-refractivity contribution in [2.24, 2.45) is 0 Å². The van der Waals surface area contributed by atoms with Crippen LogP contribution in [0.2, 0.25) is 10.0 Å². The van der Waals surface area contributed by atoms with Crippen molar-refractivity contribution in [2.45, 2.75) is 26.4 Å². The van der Waals surface area contributed by atoms with Gasteiger partial charge < -0.3 is 10.1 Å². The Labute approximate surface area is 167 Å². The number of nitrogens with one attached hydrogen (secondary N) is 1. The average Bonchev–Trinajstić information content (AvgIpc) is 2.91. The molecule has 1 saturated heterocycles.